The summed E-state index contributed by atoms with van der Waals surface area (Å²) in [5.41, 5.74) is 6.93. The quantitative estimate of drug-likeness (QED) is 0.449. The van der Waals surface area contributed by atoms with Crippen LogP contribution in [0.2, 0.25) is 5.32 Å². The van der Waals surface area contributed by atoms with Crippen LogP contribution in [-0.2, 0) is 14.9 Å². The van der Waals surface area contributed by atoms with Gasteiger partial charge in [0.1, 0.15) is 0 Å². The first-order valence-corrected chi connectivity index (χ1v) is 12.9. The third-order valence-electron chi connectivity index (χ3n) is 5.61. The van der Waals surface area contributed by atoms with Crippen molar-refractivity contribution in [1.29, 1.82) is 0 Å². The van der Waals surface area contributed by atoms with Gasteiger partial charge in [0.15, 0.2) is 0 Å². The molecule has 1 amide bonds. The molecule has 1 aliphatic carbocycles. The van der Waals surface area contributed by atoms with Gasteiger partial charge in [-0.15, -0.1) is 0 Å². The molecule has 164 valence electrons. The van der Waals surface area contributed by atoms with Crippen molar-refractivity contribution in [2.24, 2.45) is 0 Å². The number of nitrogens with one attached hydrogen (secondary N) is 1. The summed E-state index contributed by atoms with van der Waals surface area (Å²) in [6, 6.07) is 23.5. The van der Waals surface area contributed by atoms with E-state index in [0.29, 0.717) is 5.32 Å². The second kappa shape index (κ2) is 10.0. The fourth-order valence-corrected chi connectivity index (χ4v) is 6.05. The molecule has 0 aromatic heterocycles. The number of carbonyl (C=O) groups excluding carboxylic acids is 1. The van der Waals surface area contributed by atoms with Crippen molar-refractivity contribution in [2.45, 2.75) is 29.5 Å². The zero-order valence-electron chi connectivity index (χ0n) is 17.8. The van der Waals surface area contributed by atoms with Gasteiger partial charge in [-0.2, -0.15) is 0 Å². The number of aryl methyl sites for hydroxylation is 1. The summed E-state index contributed by atoms with van der Waals surface area (Å²) in [6.07, 6.45) is -0.689. The Bertz CT molecular complexity index is 1070. The summed E-state index contributed by atoms with van der Waals surface area (Å²) >= 11 is 0.0505. The van der Waals surface area contributed by atoms with Gasteiger partial charge in [-0.05, 0) is 0 Å². The van der Waals surface area contributed by atoms with E-state index in [2.05, 4.69) is 53.8 Å². The maximum atomic E-state index is 12.4. The molecule has 0 heterocycles. The molecule has 0 saturated carbocycles. The Balaban J connectivity index is 1.33. The molecule has 0 radical (unpaired) electrons. The number of ether oxygens (including phenoxy) is 1. The first kappa shape index (κ1) is 22.1. The van der Waals surface area contributed by atoms with Gasteiger partial charge in [0.25, 0.3) is 0 Å². The molecule has 0 unspecified atom stereocenters. The van der Waals surface area contributed by atoms with Crippen molar-refractivity contribution in [2.75, 3.05) is 6.61 Å². The third-order valence-corrected chi connectivity index (χ3v) is 7.93. The van der Waals surface area contributed by atoms with Gasteiger partial charge in [0.2, 0.25) is 0 Å². The fraction of sp³-hybridized carbons (Fsp3) is 0.231. The van der Waals surface area contributed by atoms with E-state index in [1.54, 1.807) is 0 Å². The molecule has 0 spiro atoms. The Kier molecular flexibility index (Phi) is 6.93. The molecule has 4 rings (SSSR count). The van der Waals surface area contributed by atoms with E-state index in [9.17, 15) is 14.7 Å². The first-order valence-electron chi connectivity index (χ1n) is 10.5. The topological polar surface area (TPSA) is 75.6 Å². The number of rotatable bonds is 8. The standard InChI is InChI=1S/C26H25NO4Se/c1-17-10-12-18(13-11-17)15-32-16-24(25(28)29)27-26(30)31-14-23-21-8-4-2-6-19(21)20-7-3-5-9-22(20)23/h2-13,23-24H,14-16H2,1H3,(H,27,30)(H,28,29)/t24-/m0/s1. The maximum absolute atomic E-state index is 12.4. The first-order chi connectivity index (χ1) is 15.5. The summed E-state index contributed by atoms with van der Waals surface area (Å²) in [7, 11) is 0. The minimum absolute atomic E-state index is 0.0505. The summed E-state index contributed by atoms with van der Waals surface area (Å²) in [4.78, 5) is 24.1. The molecule has 0 bridgehead atoms. The number of hydrogen-bond acceptors (Lipinski definition) is 3. The predicted octanol–water partition coefficient (Wildman–Crippen LogP) is 4.61. The number of alkyl carbamates (subject to hydrolysis) is 1. The SMILES string of the molecule is Cc1ccc(C[Se]C[C@H](NC(=O)OCC2c3ccccc3-c3ccccc32)C(=O)O)cc1. The van der Waals surface area contributed by atoms with Crippen molar-refractivity contribution < 1.29 is 19.4 Å². The molecule has 3 aromatic carbocycles. The molecule has 5 nitrogen and oxygen atoms in total. The molecular weight excluding hydrogens is 469 g/mol. The third kappa shape index (κ3) is 5.04. The number of benzene rings is 3. The van der Waals surface area contributed by atoms with Crippen LogP contribution >= 0.6 is 0 Å². The van der Waals surface area contributed by atoms with Crippen molar-refractivity contribution in [1.82, 2.24) is 5.32 Å². The average Bonchev–Trinajstić information content (AvgIpc) is 3.12. The van der Waals surface area contributed by atoms with Crippen LogP contribution < -0.4 is 5.32 Å². The fourth-order valence-electron chi connectivity index (χ4n) is 3.94. The number of aliphatic carboxylic acids is 1. The summed E-state index contributed by atoms with van der Waals surface area (Å²) in [5.74, 6) is -1.09. The molecular formula is C26H25NO4Se. The van der Waals surface area contributed by atoms with Crippen molar-refractivity contribution >= 4 is 27.0 Å². The van der Waals surface area contributed by atoms with Crippen LogP contribution in [0.3, 0.4) is 0 Å². The Morgan fingerprint density at radius 2 is 1.56 bits per heavy atom. The molecule has 0 aliphatic heterocycles. The van der Waals surface area contributed by atoms with Gasteiger partial charge in [0.05, 0.1) is 0 Å². The number of hydrogen-bond donors (Lipinski definition) is 2. The molecule has 32 heavy (non-hydrogen) atoms. The molecule has 1 atom stereocenters. The van der Waals surface area contributed by atoms with E-state index in [4.69, 9.17) is 4.74 Å². The average molecular weight is 494 g/mol. The van der Waals surface area contributed by atoms with Crippen LogP contribution in [0.5, 0.6) is 0 Å². The second-order valence-electron chi connectivity index (χ2n) is 7.86. The zero-order valence-corrected chi connectivity index (χ0v) is 19.5. The number of carbonyl (C=O) groups is 2. The second-order valence-corrected chi connectivity index (χ2v) is 10.0. The van der Waals surface area contributed by atoms with Crippen molar-refractivity contribution in [3.05, 3.63) is 95.1 Å². The molecule has 3 aromatic rings. The molecule has 2 N–H and O–H groups in total. The monoisotopic (exact) mass is 495 g/mol. The van der Waals surface area contributed by atoms with Crippen LogP contribution in [0, 0.1) is 6.92 Å². The summed E-state index contributed by atoms with van der Waals surface area (Å²) < 4.78 is 5.49. The number of amides is 1. The molecule has 0 saturated heterocycles. The number of fused-ring (bicyclic) bond motifs is 3. The van der Waals surface area contributed by atoms with E-state index < -0.39 is 18.1 Å². The molecule has 1 aliphatic rings. The van der Waals surface area contributed by atoms with E-state index >= 15 is 0 Å². The normalized spacial score (nSPS) is 13.2. The minimum atomic E-state index is -1.04. The van der Waals surface area contributed by atoms with Gasteiger partial charge < -0.3 is 0 Å². The van der Waals surface area contributed by atoms with Crippen LogP contribution in [0.25, 0.3) is 11.1 Å². The van der Waals surface area contributed by atoms with Gasteiger partial charge >= 0.3 is 194 Å². The van der Waals surface area contributed by atoms with Crippen LogP contribution in [0.15, 0.2) is 72.8 Å². The number of carboxylic acids is 1. The molecule has 6 heteroatoms. The molecule has 0 fully saturated rings. The Hall–Kier alpha value is -3.08. The Labute approximate surface area is 194 Å². The van der Waals surface area contributed by atoms with Gasteiger partial charge in [-0.3, -0.25) is 0 Å². The summed E-state index contributed by atoms with van der Waals surface area (Å²) in [6.45, 7) is 2.20. The Morgan fingerprint density at radius 1 is 0.969 bits per heavy atom. The van der Waals surface area contributed by atoms with E-state index in [0.717, 1.165) is 27.6 Å². The van der Waals surface area contributed by atoms with Gasteiger partial charge in [0, 0.05) is 0 Å². The van der Waals surface area contributed by atoms with Gasteiger partial charge in [-0.1, -0.05) is 0 Å². The van der Waals surface area contributed by atoms with E-state index in [1.807, 2.05) is 31.2 Å². The van der Waals surface area contributed by atoms with Crippen molar-refractivity contribution in [3.8, 4) is 11.1 Å². The Morgan fingerprint density at radius 3 is 2.16 bits per heavy atom. The van der Waals surface area contributed by atoms with Crippen molar-refractivity contribution in [3.63, 3.8) is 0 Å². The summed E-state index contributed by atoms with van der Waals surface area (Å²) in [5, 5.41) is 13.3. The van der Waals surface area contributed by atoms with Crippen LogP contribution in [0.1, 0.15) is 28.2 Å². The zero-order chi connectivity index (χ0) is 22.5. The van der Waals surface area contributed by atoms with Gasteiger partial charge in [-0.25, -0.2) is 0 Å². The van der Waals surface area contributed by atoms with Crippen LogP contribution in [-0.4, -0.2) is 44.8 Å². The van der Waals surface area contributed by atoms with E-state index in [1.165, 1.54) is 11.1 Å². The number of carboxylic acid groups (broad SMARTS) is 1. The predicted molar refractivity (Wildman–Crippen MR) is 125 cm³/mol. The van der Waals surface area contributed by atoms with E-state index in [-0.39, 0.29) is 27.5 Å². The van der Waals surface area contributed by atoms with Crippen LogP contribution in [0.4, 0.5) is 4.79 Å².